The maximum absolute atomic E-state index is 11.9. The minimum Gasteiger partial charge on any atom is -0.867 e. The van der Waals surface area contributed by atoms with Gasteiger partial charge in [-0.15, -0.1) is 0 Å². The third-order valence-electron chi connectivity index (χ3n) is 2.93. The molecule has 0 saturated heterocycles. The molecule has 0 unspecified atom stereocenters. The van der Waals surface area contributed by atoms with Crippen molar-refractivity contribution in [1.29, 1.82) is 0 Å². The lowest BCUT2D eigenvalue weighted by molar-refractivity contribution is -0.398. The number of rotatable bonds is 5. The molecule has 0 aliphatic rings. The Morgan fingerprint density at radius 1 is 1.33 bits per heavy atom. The van der Waals surface area contributed by atoms with Crippen LogP contribution in [0.15, 0.2) is 47.6 Å². The number of nitrogens with zero attached hydrogens (tertiary/aromatic N) is 2. The third kappa shape index (κ3) is 4.90. The van der Waals surface area contributed by atoms with Crippen LogP contribution in [0.5, 0.6) is 5.75 Å². The van der Waals surface area contributed by atoms with E-state index in [-0.39, 0.29) is 15.7 Å². The highest BCUT2D eigenvalue weighted by Gasteiger charge is 2.11. The lowest BCUT2D eigenvalue weighted by atomic mass is 10.2. The number of nitrogens with one attached hydrogen (secondary N) is 2. The van der Waals surface area contributed by atoms with Gasteiger partial charge in [0, 0.05) is 17.6 Å². The van der Waals surface area contributed by atoms with Crippen LogP contribution in [0.4, 0.5) is 5.69 Å². The molecule has 0 aromatic heterocycles. The minimum atomic E-state index is -0.787. The van der Waals surface area contributed by atoms with Crippen molar-refractivity contribution in [1.82, 2.24) is 10.7 Å². The predicted molar refractivity (Wildman–Crippen MR) is 94.2 cm³/mol. The molecule has 0 spiro atoms. The number of nitro groups is 1. The summed E-state index contributed by atoms with van der Waals surface area (Å²) in [5.74, 6) is -0.766. The standard InChI is InChI=1S/C15H13ClN4O3S/c16-12-6-11(14(21)13(7-12)20(22)23)9-18-19-15(24)17-8-10-4-2-1-3-5-10/h1-7,9,21H,8H2,(H2,17,19,24)/p-1/b18-9-. The van der Waals surface area contributed by atoms with E-state index in [4.69, 9.17) is 23.8 Å². The highest BCUT2D eigenvalue weighted by atomic mass is 35.5. The number of benzene rings is 2. The zero-order valence-corrected chi connectivity index (χ0v) is 13.8. The SMILES string of the molecule is O=[N+]([O-])c1cc(Cl)cc(/C=N\NC(=S)NCc2ccccc2)c1[O-]. The molecule has 0 bridgehead atoms. The summed E-state index contributed by atoms with van der Waals surface area (Å²) in [7, 11) is 0. The first kappa shape index (κ1) is 17.6. The second kappa shape index (κ2) is 8.23. The van der Waals surface area contributed by atoms with Gasteiger partial charge in [-0.05, 0) is 35.2 Å². The first-order valence-corrected chi connectivity index (χ1v) is 7.52. The minimum absolute atomic E-state index is 0.00689. The van der Waals surface area contributed by atoms with Crippen LogP contribution in [-0.4, -0.2) is 16.3 Å². The molecule has 0 saturated carbocycles. The number of halogens is 1. The highest BCUT2D eigenvalue weighted by molar-refractivity contribution is 7.80. The number of hydrazone groups is 1. The second-order valence-corrected chi connectivity index (χ2v) is 5.48. The van der Waals surface area contributed by atoms with Crippen molar-refractivity contribution < 1.29 is 10.0 Å². The van der Waals surface area contributed by atoms with Gasteiger partial charge < -0.3 is 10.4 Å². The molecule has 0 radical (unpaired) electrons. The van der Waals surface area contributed by atoms with Crippen LogP contribution in [0.25, 0.3) is 0 Å². The fourth-order valence-corrected chi connectivity index (χ4v) is 2.16. The molecular weight excluding hydrogens is 352 g/mol. The Kier molecular flexibility index (Phi) is 6.05. The smallest absolute Gasteiger partial charge is 0.263 e. The molecule has 0 amide bonds. The van der Waals surface area contributed by atoms with Crippen molar-refractivity contribution in [3.63, 3.8) is 0 Å². The fourth-order valence-electron chi connectivity index (χ4n) is 1.81. The molecule has 0 atom stereocenters. The summed E-state index contributed by atoms with van der Waals surface area (Å²) in [5, 5.41) is 29.7. The van der Waals surface area contributed by atoms with E-state index in [9.17, 15) is 15.2 Å². The Labute approximate surface area is 148 Å². The van der Waals surface area contributed by atoms with Crippen molar-refractivity contribution in [3.8, 4) is 5.75 Å². The normalized spacial score (nSPS) is 10.5. The Hall–Kier alpha value is -2.71. The van der Waals surface area contributed by atoms with Crippen LogP contribution >= 0.6 is 23.8 Å². The van der Waals surface area contributed by atoms with Gasteiger partial charge in [0.1, 0.15) is 0 Å². The number of thiocarbonyl (C=S) groups is 1. The zero-order valence-electron chi connectivity index (χ0n) is 12.2. The van der Waals surface area contributed by atoms with Crippen LogP contribution in [0, 0.1) is 10.1 Å². The average molecular weight is 364 g/mol. The molecule has 9 heteroatoms. The van der Waals surface area contributed by atoms with Crippen molar-refractivity contribution >= 4 is 40.8 Å². The number of hydrogen-bond donors (Lipinski definition) is 2. The maximum atomic E-state index is 11.9. The van der Waals surface area contributed by atoms with Gasteiger partial charge in [0.05, 0.1) is 11.1 Å². The monoisotopic (exact) mass is 363 g/mol. The van der Waals surface area contributed by atoms with E-state index < -0.39 is 16.4 Å². The number of nitro benzene ring substituents is 1. The lowest BCUT2D eigenvalue weighted by Crippen LogP contribution is -2.31. The van der Waals surface area contributed by atoms with Crippen LogP contribution < -0.4 is 15.8 Å². The van der Waals surface area contributed by atoms with Crippen molar-refractivity contribution in [2.24, 2.45) is 5.10 Å². The van der Waals surface area contributed by atoms with Crippen LogP contribution in [0.1, 0.15) is 11.1 Å². The molecule has 2 aromatic carbocycles. The average Bonchev–Trinajstić information content (AvgIpc) is 2.56. The van der Waals surface area contributed by atoms with Gasteiger partial charge in [0.25, 0.3) is 5.69 Å². The molecule has 0 aliphatic carbocycles. The van der Waals surface area contributed by atoms with E-state index in [1.54, 1.807) is 0 Å². The largest absolute Gasteiger partial charge is 0.867 e. The summed E-state index contributed by atoms with van der Waals surface area (Å²) >= 11 is 10.8. The van der Waals surface area contributed by atoms with Gasteiger partial charge in [0.15, 0.2) is 5.11 Å². The van der Waals surface area contributed by atoms with Crippen LogP contribution in [0.3, 0.4) is 0 Å². The van der Waals surface area contributed by atoms with E-state index in [2.05, 4.69) is 15.8 Å². The fraction of sp³-hybridized carbons (Fsp3) is 0.0667. The molecule has 2 rings (SSSR count). The van der Waals surface area contributed by atoms with E-state index in [0.29, 0.717) is 6.54 Å². The van der Waals surface area contributed by atoms with Gasteiger partial charge in [-0.1, -0.05) is 41.9 Å². The summed E-state index contributed by atoms with van der Waals surface area (Å²) in [6.45, 7) is 0.512. The Bertz CT molecular complexity index is 784. The van der Waals surface area contributed by atoms with Gasteiger partial charge in [-0.2, -0.15) is 5.10 Å². The topological polar surface area (TPSA) is 103 Å². The molecule has 2 N–H and O–H groups in total. The van der Waals surface area contributed by atoms with E-state index in [1.165, 1.54) is 6.07 Å². The predicted octanol–water partition coefficient (Wildman–Crippen LogP) is 2.32. The summed E-state index contributed by atoms with van der Waals surface area (Å²) in [5.41, 5.74) is 2.96. The van der Waals surface area contributed by atoms with Gasteiger partial charge in [-0.3, -0.25) is 15.5 Å². The van der Waals surface area contributed by atoms with Crippen LogP contribution in [0.2, 0.25) is 5.02 Å². The Morgan fingerprint density at radius 3 is 2.71 bits per heavy atom. The summed E-state index contributed by atoms with van der Waals surface area (Å²) in [6, 6.07) is 11.9. The second-order valence-electron chi connectivity index (χ2n) is 4.64. The molecule has 7 nitrogen and oxygen atoms in total. The molecule has 0 fully saturated rings. The zero-order chi connectivity index (χ0) is 17.5. The Balaban J connectivity index is 1.96. The van der Waals surface area contributed by atoms with E-state index in [1.807, 2.05) is 30.3 Å². The first-order valence-electron chi connectivity index (χ1n) is 6.73. The molecule has 2 aromatic rings. The quantitative estimate of drug-likeness (QED) is 0.366. The first-order chi connectivity index (χ1) is 11.5. The third-order valence-corrected chi connectivity index (χ3v) is 3.38. The van der Waals surface area contributed by atoms with Crippen molar-refractivity contribution in [2.45, 2.75) is 6.54 Å². The molecular formula is C15H12ClN4O3S-. The maximum Gasteiger partial charge on any atom is 0.263 e. The van der Waals surface area contributed by atoms with Crippen LogP contribution in [-0.2, 0) is 6.54 Å². The highest BCUT2D eigenvalue weighted by Crippen LogP contribution is 2.29. The lowest BCUT2D eigenvalue weighted by Gasteiger charge is -2.11. The van der Waals surface area contributed by atoms with Gasteiger partial charge in [0.2, 0.25) is 0 Å². The molecule has 0 aliphatic heterocycles. The van der Waals surface area contributed by atoms with E-state index >= 15 is 0 Å². The molecule has 24 heavy (non-hydrogen) atoms. The molecule has 0 heterocycles. The summed E-state index contributed by atoms with van der Waals surface area (Å²) < 4.78 is 0. The van der Waals surface area contributed by atoms with Gasteiger partial charge >= 0.3 is 0 Å². The van der Waals surface area contributed by atoms with Gasteiger partial charge in [-0.25, -0.2) is 0 Å². The van der Waals surface area contributed by atoms with E-state index in [0.717, 1.165) is 17.8 Å². The van der Waals surface area contributed by atoms with Crippen molar-refractivity contribution in [3.05, 3.63) is 68.7 Å². The Morgan fingerprint density at radius 2 is 2.04 bits per heavy atom. The number of hydrogen-bond acceptors (Lipinski definition) is 5. The summed E-state index contributed by atoms with van der Waals surface area (Å²) in [6.07, 6.45) is 1.14. The summed E-state index contributed by atoms with van der Waals surface area (Å²) in [4.78, 5) is 10.00. The van der Waals surface area contributed by atoms with Crippen molar-refractivity contribution in [2.75, 3.05) is 0 Å². The molecule has 124 valence electrons.